The minimum absolute atomic E-state index is 0.299. The van der Waals surface area contributed by atoms with E-state index in [-0.39, 0.29) is 0 Å². The van der Waals surface area contributed by atoms with Crippen LogP contribution in [0.1, 0.15) is 41.4 Å². The average molecular weight is 352 g/mol. The first-order valence-electron chi connectivity index (χ1n) is 7.97. The first-order chi connectivity index (χ1) is 12.3. The van der Waals surface area contributed by atoms with Crippen LogP contribution in [-0.4, -0.2) is 71.9 Å². The van der Waals surface area contributed by atoms with Gasteiger partial charge in [0.05, 0.1) is 22.3 Å². The predicted octanol–water partition coefficient (Wildman–Crippen LogP) is 0.985. The number of nitrogens with zero attached hydrogens (tertiary/aromatic N) is 4. The normalized spacial score (nSPS) is 16.5. The first kappa shape index (κ1) is 16.4. The van der Waals surface area contributed by atoms with Crippen molar-refractivity contribution in [3.63, 3.8) is 0 Å². The van der Waals surface area contributed by atoms with E-state index < -0.39 is 23.6 Å². The summed E-state index contributed by atoms with van der Waals surface area (Å²) in [7, 11) is 6.41. The molecule has 0 N–H and O–H groups in total. The fraction of sp³-hybridized carbons (Fsp3) is 0.222. The van der Waals surface area contributed by atoms with Crippen LogP contribution in [0.4, 0.5) is 0 Å². The number of hydrogen-bond acceptors (Lipinski definition) is 6. The molecule has 8 nitrogen and oxygen atoms in total. The van der Waals surface area contributed by atoms with E-state index in [0.29, 0.717) is 33.0 Å². The zero-order valence-electron chi connectivity index (χ0n) is 14.7. The predicted molar refractivity (Wildman–Crippen MR) is 92.3 cm³/mol. The highest BCUT2D eigenvalue weighted by atomic mass is 16.2. The van der Waals surface area contributed by atoms with Crippen molar-refractivity contribution in [1.82, 2.24) is 20.0 Å². The van der Waals surface area contributed by atoms with Gasteiger partial charge >= 0.3 is 0 Å². The summed E-state index contributed by atoms with van der Waals surface area (Å²) in [6.07, 6.45) is 0. The Bertz CT molecular complexity index is 888. The molecule has 0 atom stereocenters. The van der Waals surface area contributed by atoms with E-state index in [0.717, 1.165) is 10.0 Å². The lowest BCUT2D eigenvalue weighted by atomic mass is 9.86. The first-order valence-corrected chi connectivity index (χ1v) is 7.97. The van der Waals surface area contributed by atoms with Crippen molar-refractivity contribution in [1.29, 1.82) is 0 Å². The molecule has 0 aromatic heterocycles. The van der Waals surface area contributed by atoms with Crippen molar-refractivity contribution in [2.45, 2.75) is 0 Å². The molecule has 2 aromatic rings. The van der Waals surface area contributed by atoms with Gasteiger partial charge in [0, 0.05) is 39.0 Å². The SMILES string of the molecule is CN(C)N1C(=O)c2ccc3c4c(ccc(c24)C1=O)C(=O)N(N(C)C)C3=O. The van der Waals surface area contributed by atoms with Crippen molar-refractivity contribution in [3.8, 4) is 0 Å². The topological polar surface area (TPSA) is 81.2 Å². The molecule has 4 rings (SSSR count). The van der Waals surface area contributed by atoms with E-state index in [1.54, 1.807) is 28.2 Å². The molecule has 0 saturated carbocycles. The van der Waals surface area contributed by atoms with Gasteiger partial charge in [0.15, 0.2) is 0 Å². The molecule has 2 aromatic carbocycles. The summed E-state index contributed by atoms with van der Waals surface area (Å²) in [5.74, 6) is -1.92. The number of carbonyl (C=O) groups excluding carboxylic acids is 4. The maximum atomic E-state index is 12.8. The molecule has 0 unspecified atom stereocenters. The third-order valence-electron chi connectivity index (χ3n) is 4.65. The van der Waals surface area contributed by atoms with E-state index in [1.807, 2.05) is 0 Å². The van der Waals surface area contributed by atoms with Crippen LogP contribution in [0.2, 0.25) is 0 Å². The van der Waals surface area contributed by atoms with Gasteiger partial charge in [-0.2, -0.15) is 0 Å². The molecule has 0 fully saturated rings. The monoisotopic (exact) mass is 352 g/mol. The van der Waals surface area contributed by atoms with Crippen LogP contribution in [-0.2, 0) is 0 Å². The smallest absolute Gasteiger partial charge is 0.267 e. The zero-order valence-corrected chi connectivity index (χ0v) is 14.7. The van der Waals surface area contributed by atoms with Crippen LogP contribution in [0.5, 0.6) is 0 Å². The van der Waals surface area contributed by atoms with Crippen molar-refractivity contribution >= 4 is 34.4 Å². The molecular weight excluding hydrogens is 336 g/mol. The number of hydrogen-bond donors (Lipinski definition) is 0. The van der Waals surface area contributed by atoms with Gasteiger partial charge in [-0.05, 0) is 24.3 Å². The molecule has 4 amide bonds. The van der Waals surface area contributed by atoms with Gasteiger partial charge in [0.1, 0.15) is 0 Å². The van der Waals surface area contributed by atoms with Crippen molar-refractivity contribution in [2.24, 2.45) is 0 Å². The highest BCUT2D eigenvalue weighted by Crippen LogP contribution is 2.37. The Morgan fingerprint density at radius 1 is 0.538 bits per heavy atom. The summed E-state index contributed by atoms with van der Waals surface area (Å²) in [6.45, 7) is 0. The highest BCUT2D eigenvalue weighted by molar-refractivity contribution is 6.33. The maximum absolute atomic E-state index is 12.8. The minimum Gasteiger partial charge on any atom is -0.267 e. The summed E-state index contributed by atoms with van der Waals surface area (Å²) in [5.41, 5.74) is 1.20. The van der Waals surface area contributed by atoms with Crippen LogP contribution in [0.25, 0.3) is 10.8 Å². The standard InChI is InChI=1S/C18H16N4O4/c1-19(2)21-15(23)9-5-7-11-14-12(8-6-10(13(9)14)16(21)24)18(26)22(17(11)25)20(3)4/h5-8H,1-4H3. The molecule has 2 aliphatic heterocycles. The molecule has 2 aliphatic rings. The largest absolute Gasteiger partial charge is 0.276 e. The van der Waals surface area contributed by atoms with Crippen LogP contribution in [0.15, 0.2) is 24.3 Å². The Hall–Kier alpha value is -3.10. The fourth-order valence-corrected chi connectivity index (χ4v) is 3.58. The Kier molecular flexibility index (Phi) is 3.27. The van der Waals surface area contributed by atoms with E-state index >= 15 is 0 Å². The van der Waals surface area contributed by atoms with Gasteiger partial charge in [-0.3, -0.25) is 19.2 Å². The number of rotatable bonds is 2. The maximum Gasteiger partial charge on any atom is 0.276 e. The number of imide groups is 2. The van der Waals surface area contributed by atoms with Crippen molar-refractivity contribution in [2.75, 3.05) is 28.2 Å². The van der Waals surface area contributed by atoms with Crippen LogP contribution in [0, 0.1) is 0 Å². The van der Waals surface area contributed by atoms with Gasteiger partial charge in [0.2, 0.25) is 0 Å². The second-order valence-electron chi connectivity index (χ2n) is 6.61. The van der Waals surface area contributed by atoms with E-state index in [4.69, 9.17) is 0 Å². The summed E-state index contributed by atoms with van der Waals surface area (Å²) in [5, 5.41) is 5.64. The quantitative estimate of drug-likeness (QED) is 0.750. The zero-order chi connectivity index (χ0) is 18.9. The van der Waals surface area contributed by atoms with E-state index in [9.17, 15) is 19.2 Å². The number of amides is 4. The molecule has 132 valence electrons. The molecule has 26 heavy (non-hydrogen) atoms. The Morgan fingerprint density at radius 3 is 0.962 bits per heavy atom. The van der Waals surface area contributed by atoms with Gasteiger partial charge in [-0.25, -0.2) is 20.0 Å². The molecule has 0 aliphatic carbocycles. The summed E-state index contributed by atoms with van der Waals surface area (Å²) < 4.78 is 0. The average Bonchev–Trinajstić information content (AvgIpc) is 2.57. The Morgan fingerprint density at radius 2 is 0.769 bits per heavy atom. The van der Waals surface area contributed by atoms with E-state index in [2.05, 4.69) is 0 Å². The molecular formula is C18H16N4O4. The van der Waals surface area contributed by atoms with Crippen molar-refractivity contribution in [3.05, 3.63) is 46.5 Å². The van der Waals surface area contributed by atoms with Crippen molar-refractivity contribution < 1.29 is 19.2 Å². The molecule has 8 heteroatoms. The van der Waals surface area contributed by atoms with Crippen LogP contribution >= 0.6 is 0 Å². The lowest BCUT2D eigenvalue weighted by Gasteiger charge is -2.35. The van der Waals surface area contributed by atoms with Gasteiger partial charge in [-0.15, -0.1) is 0 Å². The highest BCUT2D eigenvalue weighted by Gasteiger charge is 2.40. The Labute approximate surface area is 149 Å². The summed E-state index contributed by atoms with van der Waals surface area (Å²) >= 11 is 0. The van der Waals surface area contributed by atoms with Crippen LogP contribution < -0.4 is 0 Å². The number of carbonyl (C=O) groups is 4. The molecule has 2 heterocycles. The minimum atomic E-state index is -0.480. The molecule has 0 bridgehead atoms. The second kappa shape index (κ2) is 5.20. The molecule has 0 spiro atoms. The lowest BCUT2D eigenvalue weighted by molar-refractivity contribution is 0.0163. The second-order valence-corrected chi connectivity index (χ2v) is 6.61. The number of hydrazine groups is 2. The summed E-state index contributed by atoms with van der Waals surface area (Å²) in [6, 6.07) is 6.16. The fourth-order valence-electron chi connectivity index (χ4n) is 3.58. The van der Waals surface area contributed by atoms with E-state index in [1.165, 1.54) is 34.3 Å². The third kappa shape index (κ3) is 1.85. The molecule has 0 radical (unpaired) electrons. The summed E-state index contributed by atoms with van der Waals surface area (Å²) in [4.78, 5) is 51.2. The Balaban J connectivity index is 2.09. The third-order valence-corrected chi connectivity index (χ3v) is 4.65. The lowest BCUT2D eigenvalue weighted by Crippen LogP contribution is -2.50. The number of benzene rings is 2. The van der Waals surface area contributed by atoms with Gasteiger partial charge in [0.25, 0.3) is 23.6 Å². The van der Waals surface area contributed by atoms with Crippen LogP contribution in [0.3, 0.4) is 0 Å². The van der Waals surface area contributed by atoms with Gasteiger partial charge in [-0.1, -0.05) is 0 Å². The van der Waals surface area contributed by atoms with Gasteiger partial charge < -0.3 is 0 Å². The molecule has 0 saturated heterocycles.